The Labute approximate surface area is 122 Å². The molecule has 0 spiro atoms. The van der Waals surface area contributed by atoms with Gasteiger partial charge in [-0.1, -0.05) is 18.2 Å². The van der Waals surface area contributed by atoms with Gasteiger partial charge >= 0.3 is 0 Å². The van der Waals surface area contributed by atoms with Gasteiger partial charge in [-0.05, 0) is 72.2 Å². The zero-order valence-electron chi connectivity index (χ0n) is 11.4. The second-order valence-corrected chi connectivity index (χ2v) is 5.47. The molecule has 0 aliphatic rings. The molecule has 0 heterocycles. The van der Waals surface area contributed by atoms with Crippen molar-refractivity contribution < 1.29 is 4.74 Å². The highest BCUT2D eigenvalue weighted by Crippen LogP contribution is 2.31. The Balaban J connectivity index is 2.23. The van der Waals surface area contributed by atoms with Gasteiger partial charge < -0.3 is 10.1 Å². The first-order valence-electron chi connectivity index (χ1n) is 6.31. The summed E-state index contributed by atoms with van der Waals surface area (Å²) in [7, 11) is 1.95. The van der Waals surface area contributed by atoms with Crippen LogP contribution in [0.2, 0.25) is 0 Å². The van der Waals surface area contributed by atoms with Crippen molar-refractivity contribution in [1.29, 1.82) is 0 Å². The minimum Gasteiger partial charge on any atom is -0.456 e. The first kappa shape index (κ1) is 14.1. The van der Waals surface area contributed by atoms with Crippen LogP contribution < -0.4 is 10.1 Å². The van der Waals surface area contributed by atoms with Gasteiger partial charge in [0.1, 0.15) is 11.5 Å². The molecule has 2 nitrogen and oxygen atoms in total. The fourth-order valence-corrected chi connectivity index (χ4v) is 2.40. The lowest BCUT2D eigenvalue weighted by Crippen LogP contribution is -2.12. The van der Waals surface area contributed by atoms with Gasteiger partial charge in [-0.3, -0.25) is 0 Å². The molecule has 0 aromatic heterocycles. The zero-order valence-corrected chi connectivity index (χ0v) is 13.0. The summed E-state index contributed by atoms with van der Waals surface area (Å²) < 4.78 is 6.90. The number of rotatable bonds is 4. The SMILES string of the molecule is CNC(C)c1cccc(Oc2ccc(C)cc2Br)c1. The Bertz CT molecular complexity index is 568. The van der Waals surface area contributed by atoms with Crippen LogP contribution >= 0.6 is 15.9 Å². The second-order valence-electron chi connectivity index (χ2n) is 4.62. The predicted octanol–water partition coefficient (Wildman–Crippen LogP) is 4.83. The quantitative estimate of drug-likeness (QED) is 0.871. The Morgan fingerprint density at radius 3 is 2.63 bits per heavy atom. The topological polar surface area (TPSA) is 21.3 Å². The van der Waals surface area contributed by atoms with Crippen molar-refractivity contribution in [2.75, 3.05) is 7.05 Å². The predicted molar refractivity (Wildman–Crippen MR) is 82.9 cm³/mol. The van der Waals surface area contributed by atoms with Gasteiger partial charge in [-0.15, -0.1) is 0 Å². The molecule has 0 aliphatic heterocycles. The van der Waals surface area contributed by atoms with Crippen LogP contribution in [0.1, 0.15) is 24.1 Å². The van der Waals surface area contributed by atoms with Crippen LogP contribution in [0.4, 0.5) is 0 Å². The minimum atomic E-state index is 0.310. The molecule has 1 N–H and O–H groups in total. The van der Waals surface area contributed by atoms with Crippen molar-refractivity contribution in [3.8, 4) is 11.5 Å². The van der Waals surface area contributed by atoms with Crippen molar-refractivity contribution in [2.24, 2.45) is 0 Å². The molecule has 2 aromatic rings. The fraction of sp³-hybridized carbons (Fsp3) is 0.250. The van der Waals surface area contributed by atoms with Crippen LogP contribution in [0.25, 0.3) is 0 Å². The summed E-state index contributed by atoms with van der Waals surface area (Å²) in [6.45, 7) is 4.19. The number of aryl methyl sites for hydroxylation is 1. The number of halogens is 1. The zero-order chi connectivity index (χ0) is 13.8. The van der Waals surface area contributed by atoms with Gasteiger partial charge in [0.2, 0.25) is 0 Å². The minimum absolute atomic E-state index is 0.310. The van der Waals surface area contributed by atoms with E-state index in [1.807, 2.05) is 31.3 Å². The molecular weight excluding hydrogens is 302 g/mol. The van der Waals surface area contributed by atoms with Crippen LogP contribution in [0.15, 0.2) is 46.9 Å². The van der Waals surface area contributed by atoms with E-state index in [0.29, 0.717) is 6.04 Å². The molecule has 0 amide bonds. The average Bonchev–Trinajstić information content (AvgIpc) is 2.41. The van der Waals surface area contributed by atoms with E-state index in [9.17, 15) is 0 Å². The van der Waals surface area contributed by atoms with Crippen LogP contribution in [0.5, 0.6) is 11.5 Å². The molecule has 0 fully saturated rings. The first-order valence-corrected chi connectivity index (χ1v) is 7.10. The summed E-state index contributed by atoms with van der Waals surface area (Å²) in [5, 5.41) is 3.23. The Kier molecular flexibility index (Phi) is 4.61. The van der Waals surface area contributed by atoms with Crippen LogP contribution in [0.3, 0.4) is 0 Å². The third-order valence-electron chi connectivity index (χ3n) is 3.11. The van der Waals surface area contributed by atoms with E-state index in [1.54, 1.807) is 0 Å². The summed E-state index contributed by atoms with van der Waals surface area (Å²) in [4.78, 5) is 0. The summed E-state index contributed by atoms with van der Waals surface area (Å²) in [5.74, 6) is 1.68. The molecule has 1 atom stereocenters. The average molecular weight is 320 g/mol. The molecule has 0 radical (unpaired) electrons. The van der Waals surface area contributed by atoms with Crippen molar-refractivity contribution in [3.63, 3.8) is 0 Å². The summed E-state index contributed by atoms with van der Waals surface area (Å²) in [6, 6.07) is 14.5. The Morgan fingerprint density at radius 1 is 1.16 bits per heavy atom. The lowest BCUT2D eigenvalue weighted by Gasteiger charge is -2.13. The lowest BCUT2D eigenvalue weighted by atomic mass is 10.1. The van der Waals surface area contributed by atoms with Gasteiger partial charge in [-0.2, -0.15) is 0 Å². The normalized spacial score (nSPS) is 12.2. The van der Waals surface area contributed by atoms with Gasteiger partial charge in [0.25, 0.3) is 0 Å². The molecule has 100 valence electrons. The van der Waals surface area contributed by atoms with Gasteiger partial charge in [-0.25, -0.2) is 0 Å². The van der Waals surface area contributed by atoms with Crippen LogP contribution in [0, 0.1) is 6.92 Å². The molecule has 0 aliphatic carbocycles. The number of ether oxygens (including phenoxy) is 1. The number of nitrogens with one attached hydrogen (secondary N) is 1. The summed E-state index contributed by atoms with van der Waals surface area (Å²) in [5.41, 5.74) is 2.42. The third kappa shape index (κ3) is 3.58. The van der Waals surface area contributed by atoms with E-state index in [-0.39, 0.29) is 0 Å². The van der Waals surface area contributed by atoms with Gasteiger partial charge in [0.05, 0.1) is 4.47 Å². The first-order chi connectivity index (χ1) is 9.10. The number of benzene rings is 2. The van der Waals surface area contributed by atoms with E-state index in [0.717, 1.165) is 16.0 Å². The number of hydrogen-bond donors (Lipinski definition) is 1. The Morgan fingerprint density at radius 2 is 1.95 bits per heavy atom. The van der Waals surface area contributed by atoms with Crippen LogP contribution in [-0.4, -0.2) is 7.05 Å². The van der Waals surface area contributed by atoms with Gasteiger partial charge in [0, 0.05) is 6.04 Å². The van der Waals surface area contributed by atoms with E-state index in [2.05, 4.69) is 53.3 Å². The third-order valence-corrected chi connectivity index (χ3v) is 3.73. The molecule has 3 heteroatoms. The van der Waals surface area contributed by atoms with Gasteiger partial charge in [0.15, 0.2) is 0 Å². The molecule has 1 unspecified atom stereocenters. The second kappa shape index (κ2) is 6.22. The maximum Gasteiger partial charge on any atom is 0.141 e. The molecule has 2 rings (SSSR count). The van der Waals surface area contributed by atoms with E-state index in [4.69, 9.17) is 4.74 Å². The molecule has 0 saturated heterocycles. The van der Waals surface area contributed by atoms with Crippen LogP contribution in [-0.2, 0) is 0 Å². The highest BCUT2D eigenvalue weighted by Gasteiger charge is 2.06. The molecular formula is C16H18BrNO. The summed E-state index contributed by atoms with van der Waals surface area (Å²) >= 11 is 3.53. The smallest absolute Gasteiger partial charge is 0.141 e. The van der Waals surface area contributed by atoms with E-state index < -0.39 is 0 Å². The van der Waals surface area contributed by atoms with Crippen molar-refractivity contribution in [3.05, 3.63) is 58.1 Å². The molecule has 19 heavy (non-hydrogen) atoms. The number of hydrogen-bond acceptors (Lipinski definition) is 2. The highest BCUT2D eigenvalue weighted by molar-refractivity contribution is 9.10. The lowest BCUT2D eigenvalue weighted by molar-refractivity contribution is 0.477. The van der Waals surface area contributed by atoms with E-state index in [1.165, 1.54) is 11.1 Å². The fourth-order valence-electron chi connectivity index (χ4n) is 1.83. The highest BCUT2D eigenvalue weighted by atomic mass is 79.9. The monoisotopic (exact) mass is 319 g/mol. The maximum atomic E-state index is 5.92. The van der Waals surface area contributed by atoms with Crippen molar-refractivity contribution in [1.82, 2.24) is 5.32 Å². The molecule has 0 saturated carbocycles. The largest absolute Gasteiger partial charge is 0.456 e. The van der Waals surface area contributed by atoms with Crippen molar-refractivity contribution in [2.45, 2.75) is 19.9 Å². The molecule has 0 bridgehead atoms. The standard InChI is InChI=1S/C16H18BrNO/c1-11-7-8-16(15(17)9-11)19-14-6-4-5-13(10-14)12(2)18-3/h4-10,12,18H,1-3H3. The molecule has 2 aromatic carbocycles. The summed E-state index contributed by atoms with van der Waals surface area (Å²) in [6.07, 6.45) is 0. The maximum absolute atomic E-state index is 5.92. The van der Waals surface area contributed by atoms with Crippen molar-refractivity contribution >= 4 is 15.9 Å². The Hall–Kier alpha value is -1.32. The van der Waals surface area contributed by atoms with E-state index >= 15 is 0 Å².